The molecule has 0 bridgehead atoms. The Morgan fingerprint density at radius 3 is 1.85 bits per heavy atom. The number of benzene rings is 1. The van der Waals surface area contributed by atoms with Gasteiger partial charge < -0.3 is 4.98 Å². The largest absolute Gasteiger partial charge is 0.346 e. The van der Waals surface area contributed by atoms with Gasteiger partial charge in [-0.1, -0.05) is 82.9 Å². The van der Waals surface area contributed by atoms with Crippen molar-refractivity contribution in [3.8, 4) is 0 Å². The Morgan fingerprint density at radius 1 is 0.852 bits per heavy atom. The Balaban J connectivity index is 2.32. The Morgan fingerprint density at radius 2 is 1.44 bits per heavy atom. The molecule has 0 atom stereocenters. The summed E-state index contributed by atoms with van der Waals surface area (Å²) in [6.07, 6.45) is 3.77. The molecule has 1 aliphatic heterocycles. The quantitative estimate of drug-likeness (QED) is 0.550. The van der Waals surface area contributed by atoms with Crippen molar-refractivity contribution in [2.24, 2.45) is 4.99 Å². The Hall–Kier alpha value is -1.77. The predicted octanol–water partition coefficient (Wildman–Crippen LogP) is 7.23. The van der Waals surface area contributed by atoms with Gasteiger partial charge in [-0.15, -0.1) is 0 Å². The van der Waals surface area contributed by atoms with Crippen molar-refractivity contribution in [2.75, 3.05) is 0 Å². The smallest absolute Gasteiger partial charge is 0.129 e. The van der Waals surface area contributed by atoms with Crippen LogP contribution in [0.3, 0.4) is 0 Å². The number of rotatable bonds is 2. The first-order valence-electron chi connectivity index (χ1n) is 9.13. The van der Waals surface area contributed by atoms with E-state index in [1.165, 1.54) is 11.1 Å². The highest BCUT2D eigenvalue weighted by atomic mass is 35.5. The zero-order chi connectivity index (χ0) is 20.0. The van der Waals surface area contributed by atoms with Gasteiger partial charge in [0.2, 0.25) is 0 Å². The average molecular weight is 401 g/mol. The predicted molar refractivity (Wildman–Crippen MR) is 118 cm³/mol. The minimum Gasteiger partial charge on any atom is -0.346 e. The van der Waals surface area contributed by atoms with Gasteiger partial charge in [0.15, 0.2) is 0 Å². The molecule has 4 heteroatoms. The molecule has 2 heterocycles. The van der Waals surface area contributed by atoms with Gasteiger partial charge in [0.25, 0.3) is 0 Å². The summed E-state index contributed by atoms with van der Waals surface area (Å²) in [6, 6.07) is 10.7. The topological polar surface area (TPSA) is 28.1 Å². The molecule has 2 nitrogen and oxygen atoms in total. The van der Waals surface area contributed by atoms with Gasteiger partial charge in [0, 0.05) is 11.3 Å². The third-order valence-electron chi connectivity index (χ3n) is 4.74. The maximum Gasteiger partial charge on any atom is 0.129 e. The minimum absolute atomic E-state index is 0.0333. The summed E-state index contributed by atoms with van der Waals surface area (Å²) in [4.78, 5) is 7.77. The molecule has 1 N–H and O–H groups in total. The Labute approximate surface area is 172 Å². The fourth-order valence-corrected chi connectivity index (χ4v) is 3.39. The van der Waals surface area contributed by atoms with Gasteiger partial charge in [0.1, 0.15) is 10.3 Å². The number of hydrogen-bond donors (Lipinski definition) is 1. The second-order valence-corrected chi connectivity index (χ2v) is 9.84. The van der Waals surface area contributed by atoms with Crippen molar-refractivity contribution in [1.29, 1.82) is 0 Å². The van der Waals surface area contributed by atoms with E-state index in [1.807, 2.05) is 24.3 Å². The van der Waals surface area contributed by atoms with E-state index >= 15 is 0 Å². The number of hydrogen-bond acceptors (Lipinski definition) is 1. The number of halogens is 2. The molecule has 1 aromatic carbocycles. The monoisotopic (exact) mass is 400 g/mol. The van der Waals surface area contributed by atoms with E-state index in [4.69, 9.17) is 23.2 Å². The SMILES string of the molecule is CC(C)(C)c1cc(/C(=C2/C=CC(Cl)=N2)c2ccc(Cl)[nH]2)cc(C(C)(C)C)c1. The number of aromatic nitrogens is 1. The number of allylic oxidation sites excluding steroid dienone is 2. The number of H-pyrrole nitrogens is 1. The van der Waals surface area contributed by atoms with Gasteiger partial charge >= 0.3 is 0 Å². The first-order valence-corrected chi connectivity index (χ1v) is 9.88. The zero-order valence-corrected chi connectivity index (χ0v) is 18.3. The van der Waals surface area contributed by atoms with Crippen LogP contribution in [0, 0.1) is 0 Å². The molecule has 0 aliphatic carbocycles. The summed E-state index contributed by atoms with van der Waals surface area (Å²) in [5, 5.41) is 1.09. The lowest BCUT2D eigenvalue weighted by molar-refractivity contribution is 0.568. The molecule has 3 rings (SSSR count). The molecule has 0 fully saturated rings. The molecule has 0 radical (unpaired) electrons. The first kappa shape index (κ1) is 20.0. The van der Waals surface area contributed by atoms with Gasteiger partial charge in [-0.25, -0.2) is 4.99 Å². The lowest BCUT2D eigenvalue weighted by Crippen LogP contribution is -2.17. The Bertz CT molecular complexity index is 929. The number of nitrogens with one attached hydrogen (secondary N) is 1. The maximum absolute atomic E-state index is 6.18. The van der Waals surface area contributed by atoms with E-state index in [1.54, 1.807) is 0 Å². The molecule has 0 amide bonds. The molecule has 0 spiro atoms. The van der Waals surface area contributed by atoms with Crippen LogP contribution in [0.25, 0.3) is 5.57 Å². The van der Waals surface area contributed by atoms with E-state index in [9.17, 15) is 0 Å². The van der Waals surface area contributed by atoms with Crippen molar-refractivity contribution in [3.63, 3.8) is 0 Å². The first-order chi connectivity index (χ1) is 12.4. The minimum atomic E-state index is 0.0333. The van der Waals surface area contributed by atoms with Crippen LogP contribution in [-0.2, 0) is 10.8 Å². The van der Waals surface area contributed by atoms with Crippen molar-refractivity contribution < 1.29 is 0 Å². The third-order valence-corrected chi connectivity index (χ3v) is 5.17. The van der Waals surface area contributed by atoms with Crippen LogP contribution in [-0.4, -0.2) is 10.2 Å². The van der Waals surface area contributed by atoms with Crippen LogP contribution >= 0.6 is 23.2 Å². The molecule has 2 aromatic rings. The highest BCUT2D eigenvalue weighted by Gasteiger charge is 2.23. The highest BCUT2D eigenvalue weighted by Crippen LogP contribution is 2.37. The molecule has 1 aliphatic rings. The lowest BCUT2D eigenvalue weighted by Gasteiger charge is -2.27. The number of aliphatic imine (C=N–C) groups is 1. The van der Waals surface area contributed by atoms with E-state index in [-0.39, 0.29) is 10.8 Å². The average Bonchev–Trinajstić information content (AvgIpc) is 3.15. The van der Waals surface area contributed by atoms with Crippen molar-refractivity contribution in [1.82, 2.24) is 4.98 Å². The van der Waals surface area contributed by atoms with Crippen LogP contribution in [0.4, 0.5) is 0 Å². The van der Waals surface area contributed by atoms with Gasteiger partial charge in [-0.2, -0.15) is 0 Å². The van der Waals surface area contributed by atoms with Crippen molar-refractivity contribution in [2.45, 2.75) is 52.4 Å². The van der Waals surface area contributed by atoms with Crippen LogP contribution in [0.2, 0.25) is 5.15 Å². The summed E-state index contributed by atoms with van der Waals surface area (Å²) in [5.74, 6) is 0. The fraction of sp³-hybridized carbons (Fsp3) is 0.348. The van der Waals surface area contributed by atoms with Crippen LogP contribution in [0.1, 0.15) is 63.9 Å². The molecule has 0 saturated carbocycles. The highest BCUT2D eigenvalue weighted by molar-refractivity contribution is 6.69. The lowest BCUT2D eigenvalue weighted by atomic mass is 9.78. The van der Waals surface area contributed by atoms with E-state index in [0.29, 0.717) is 10.3 Å². The molecule has 1 aromatic heterocycles. The summed E-state index contributed by atoms with van der Waals surface area (Å²) >= 11 is 12.3. The molecular formula is C23H26Cl2N2. The number of nitrogens with zero attached hydrogens (tertiary/aromatic N) is 1. The number of aromatic amines is 1. The normalized spacial score (nSPS) is 16.7. The third kappa shape index (κ3) is 4.39. The second kappa shape index (κ2) is 7.00. The summed E-state index contributed by atoms with van der Waals surface area (Å²) in [7, 11) is 0. The van der Waals surface area contributed by atoms with Gasteiger partial charge in [-0.3, -0.25) is 0 Å². The van der Waals surface area contributed by atoms with Gasteiger partial charge in [0.05, 0.1) is 5.70 Å². The second-order valence-electron chi connectivity index (χ2n) is 9.05. The van der Waals surface area contributed by atoms with Crippen LogP contribution in [0.15, 0.2) is 53.2 Å². The summed E-state index contributed by atoms with van der Waals surface area (Å²) in [6.45, 7) is 13.4. The Kier molecular flexibility index (Phi) is 5.18. The van der Waals surface area contributed by atoms with Crippen molar-refractivity contribution >= 4 is 33.9 Å². The van der Waals surface area contributed by atoms with E-state index < -0.39 is 0 Å². The van der Waals surface area contributed by atoms with E-state index in [0.717, 1.165) is 22.5 Å². The molecule has 0 unspecified atom stereocenters. The summed E-state index contributed by atoms with van der Waals surface area (Å²) < 4.78 is 0. The fourth-order valence-electron chi connectivity index (χ4n) is 3.07. The van der Waals surface area contributed by atoms with Gasteiger partial charge in [-0.05, 0) is 51.8 Å². The van der Waals surface area contributed by atoms with Crippen LogP contribution in [0.5, 0.6) is 0 Å². The summed E-state index contributed by atoms with van der Waals surface area (Å²) in [5.41, 5.74) is 6.53. The maximum atomic E-state index is 6.18. The molecule has 0 saturated heterocycles. The molecular weight excluding hydrogens is 375 g/mol. The van der Waals surface area contributed by atoms with E-state index in [2.05, 4.69) is 69.7 Å². The van der Waals surface area contributed by atoms with Crippen LogP contribution < -0.4 is 0 Å². The molecule has 142 valence electrons. The standard InChI is InChI=1S/C23H26Cl2N2/c1-22(2,3)15-11-14(12-16(13-15)23(4,5)6)21(17-7-9-19(24)26-17)18-8-10-20(25)27-18/h7-13,26H,1-6H3/b21-18+. The molecule has 27 heavy (non-hydrogen) atoms. The zero-order valence-electron chi connectivity index (χ0n) is 16.7. The van der Waals surface area contributed by atoms with Crippen molar-refractivity contribution in [3.05, 3.63) is 75.7 Å².